The van der Waals surface area contributed by atoms with E-state index in [1.54, 1.807) is 11.3 Å². The van der Waals surface area contributed by atoms with Crippen LogP contribution in [0.5, 0.6) is 10.9 Å². The number of hydrogen-bond donors (Lipinski definition) is 2. The molecule has 2 aromatic heterocycles. The summed E-state index contributed by atoms with van der Waals surface area (Å²) in [6.45, 7) is 0.991. The predicted molar refractivity (Wildman–Crippen MR) is 121 cm³/mol. The molecule has 1 aliphatic carbocycles. The molecule has 0 aliphatic heterocycles. The molecule has 5 rings (SSSR count). The molecule has 0 radical (unpaired) electrons. The van der Waals surface area contributed by atoms with Crippen molar-refractivity contribution >= 4 is 21.6 Å². The van der Waals surface area contributed by atoms with Crippen LogP contribution in [0.2, 0.25) is 0 Å². The maximum Gasteiger partial charge on any atom is 0.279 e. The Hall–Kier alpha value is -2.84. The first-order valence-electron chi connectivity index (χ1n) is 10.9. The van der Waals surface area contributed by atoms with Crippen LogP contribution in [0.15, 0.2) is 48.5 Å². The number of aromatic nitrogens is 5. The second-order valence-corrected chi connectivity index (χ2v) is 9.06. The van der Waals surface area contributed by atoms with Crippen LogP contribution in [-0.2, 0) is 12.8 Å². The number of aromatic amines is 1. The molecular formula is C23H26N6OS. The Morgan fingerprint density at radius 1 is 1.10 bits per heavy atom. The third kappa shape index (κ3) is 5.45. The third-order valence-corrected chi connectivity index (χ3v) is 6.63. The van der Waals surface area contributed by atoms with E-state index in [0.717, 1.165) is 59.9 Å². The molecule has 1 unspecified atom stereocenters. The van der Waals surface area contributed by atoms with Gasteiger partial charge >= 0.3 is 0 Å². The standard InChI is InChI=1S/C23H26N6OS/c1-2-5-21-20(4-1)25-23(31-21)30-18-12-7-16(8-13-18)9-14-19(17-10-11-17)24-15-3-6-22-26-28-29-27-22/h1-2,4-5,7-8,12-13,17,19,24H,3,6,9-11,14-15H2,(H,26,27,28,29). The molecule has 31 heavy (non-hydrogen) atoms. The van der Waals surface area contributed by atoms with Crippen LogP contribution in [0.3, 0.4) is 0 Å². The average molecular weight is 435 g/mol. The summed E-state index contributed by atoms with van der Waals surface area (Å²) in [6.07, 6.45) is 6.80. The number of nitrogens with one attached hydrogen (secondary N) is 2. The van der Waals surface area contributed by atoms with Crippen LogP contribution < -0.4 is 10.1 Å². The maximum absolute atomic E-state index is 5.97. The summed E-state index contributed by atoms with van der Waals surface area (Å²) in [5.74, 6) is 2.45. The fraction of sp³-hybridized carbons (Fsp3) is 0.391. The van der Waals surface area contributed by atoms with Gasteiger partial charge < -0.3 is 10.1 Å². The lowest BCUT2D eigenvalue weighted by atomic mass is 10.0. The highest BCUT2D eigenvalue weighted by Gasteiger charge is 2.30. The number of hydrogen-bond acceptors (Lipinski definition) is 7. The molecule has 1 atom stereocenters. The molecule has 0 spiro atoms. The molecule has 2 aromatic carbocycles. The first-order valence-corrected chi connectivity index (χ1v) is 11.7. The highest BCUT2D eigenvalue weighted by Crippen LogP contribution is 2.35. The molecule has 8 heteroatoms. The molecule has 2 N–H and O–H groups in total. The Bertz CT molecular complexity index is 1060. The van der Waals surface area contributed by atoms with Crippen LogP contribution in [0.1, 0.15) is 37.1 Å². The van der Waals surface area contributed by atoms with Gasteiger partial charge in [0, 0.05) is 12.5 Å². The van der Waals surface area contributed by atoms with Crippen LogP contribution in [0.4, 0.5) is 0 Å². The third-order valence-electron chi connectivity index (χ3n) is 5.71. The molecule has 7 nitrogen and oxygen atoms in total. The van der Waals surface area contributed by atoms with Gasteiger partial charge in [0.15, 0.2) is 5.82 Å². The Labute approximate surface area is 185 Å². The predicted octanol–water partition coefficient (Wildman–Crippen LogP) is 4.54. The zero-order valence-electron chi connectivity index (χ0n) is 17.3. The van der Waals surface area contributed by atoms with Gasteiger partial charge in [0.25, 0.3) is 5.19 Å². The fourth-order valence-corrected chi connectivity index (χ4v) is 4.70. The summed E-state index contributed by atoms with van der Waals surface area (Å²) in [6, 6.07) is 17.1. The van der Waals surface area contributed by atoms with E-state index < -0.39 is 0 Å². The lowest BCUT2D eigenvalue weighted by Crippen LogP contribution is -2.32. The number of nitrogens with zero attached hydrogens (tertiary/aromatic N) is 4. The highest BCUT2D eigenvalue weighted by molar-refractivity contribution is 7.20. The Morgan fingerprint density at radius 2 is 1.97 bits per heavy atom. The molecule has 0 bridgehead atoms. The summed E-state index contributed by atoms with van der Waals surface area (Å²) in [5, 5.41) is 18.6. The van der Waals surface area contributed by atoms with Gasteiger partial charge in [0.2, 0.25) is 0 Å². The van der Waals surface area contributed by atoms with Gasteiger partial charge in [0.1, 0.15) is 5.75 Å². The van der Waals surface area contributed by atoms with Crippen molar-refractivity contribution in [2.24, 2.45) is 5.92 Å². The molecule has 160 valence electrons. The van der Waals surface area contributed by atoms with Crippen LogP contribution in [0.25, 0.3) is 10.2 Å². The summed E-state index contributed by atoms with van der Waals surface area (Å²) >= 11 is 1.57. The van der Waals surface area contributed by atoms with Gasteiger partial charge in [-0.1, -0.05) is 40.8 Å². The molecule has 1 aliphatic rings. The highest BCUT2D eigenvalue weighted by atomic mass is 32.1. The average Bonchev–Trinajstić information content (AvgIpc) is 3.34. The Kier molecular flexibility index (Phi) is 6.18. The zero-order chi connectivity index (χ0) is 20.9. The van der Waals surface area contributed by atoms with Crippen molar-refractivity contribution in [2.45, 2.75) is 44.6 Å². The second kappa shape index (κ2) is 9.53. The molecular weight excluding hydrogens is 408 g/mol. The van der Waals surface area contributed by atoms with Crippen molar-refractivity contribution in [3.8, 4) is 10.9 Å². The summed E-state index contributed by atoms with van der Waals surface area (Å²) in [5.41, 5.74) is 2.32. The summed E-state index contributed by atoms with van der Waals surface area (Å²) in [4.78, 5) is 4.54. The molecule has 4 aromatic rings. The number of aryl methyl sites for hydroxylation is 2. The quantitative estimate of drug-likeness (QED) is 0.337. The largest absolute Gasteiger partial charge is 0.431 e. The normalized spacial score (nSPS) is 14.7. The van der Waals surface area contributed by atoms with E-state index >= 15 is 0 Å². The minimum atomic E-state index is 0.587. The Balaban J connectivity index is 1.10. The number of benzene rings is 2. The van der Waals surface area contributed by atoms with Gasteiger partial charge in [-0.2, -0.15) is 5.21 Å². The van der Waals surface area contributed by atoms with Gasteiger partial charge in [0.05, 0.1) is 10.2 Å². The summed E-state index contributed by atoms with van der Waals surface area (Å²) < 4.78 is 7.11. The zero-order valence-corrected chi connectivity index (χ0v) is 18.1. The first kappa shape index (κ1) is 20.1. The molecule has 0 amide bonds. The van der Waals surface area contributed by atoms with Crippen molar-refractivity contribution in [2.75, 3.05) is 6.54 Å². The minimum Gasteiger partial charge on any atom is -0.431 e. The fourth-order valence-electron chi connectivity index (χ4n) is 3.87. The van der Waals surface area contributed by atoms with Crippen LogP contribution in [0, 0.1) is 5.92 Å². The lowest BCUT2D eigenvalue weighted by molar-refractivity contribution is 0.430. The summed E-state index contributed by atoms with van der Waals surface area (Å²) in [7, 11) is 0. The number of fused-ring (bicyclic) bond motifs is 1. The van der Waals surface area contributed by atoms with Crippen molar-refractivity contribution in [3.05, 3.63) is 59.9 Å². The Morgan fingerprint density at radius 3 is 2.74 bits per heavy atom. The molecule has 0 saturated heterocycles. The van der Waals surface area contributed by atoms with Crippen LogP contribution in [-0.4, -0.2) is 38.2 Å². The maximum atomic E-state index is 5.97. The number of H-pyrrole nitrogens is 1. The van der Waals surface area contributed by atoms with E-state index in [4.69, 9.17) is 4.74 Å². The van der Waals surface area contributed by atoms with E-state index in [1.807, 2.05) is 30.3 Å². The molecule has 1 saturated carbocycles. The number of tetrazole rings is 1. The van der Waals surface area contributed by atoms with Crippen molar-refractivity contribution < 1.29 is 4.74 Å². The lowest BCUT2D eigenvalue weighted by Gasteiger charge is -2.18. The van der Waals surface area contributed by atoms with Crippen LogP contribution >= 0.6 is 11.3 Å². The van der Waals surface area contributed by atoms with Gasteiger partial charge in [-0.15, -0.1) is 10.2 Å². The van der Waals surface area contributed by atoms with E-state index in [2.05, 4.69) is 49.1 Å². The van der Waals surface area contributed by atoms with Gasteiger partial charge in [-0.3, -0.25) is 0 Å². The first-order chi connectivity index (χ1) is 15.3. The van der Waals surface area contributed by atoms with E-state index in [0.29, 0.717) is 11.2 Å². The van der Waals surface area contributed by atoms with Gasteiger partial charge in [-0.25, -0.2) is 4.98 Å². The van der Waals surface area contributed by atoms with E-state index in [9.17, 15) is 0 Å². The number of para-hydroxylation sites is 1. The monoisotopic (exact) mass is 434 g/mol. The van der Waals surface area contributed by atoms with Crippen molar-refractivity contribution in [1.29, 1.82) is 0 Å². The smallest absolute Gasteiger partial charge is 0.279 e. The SMILES string of the molecule is c1ccc2sc(Oc3ccc(CCC(NCCCc4nn[nH]n4)C4CC4)cc3)nc2c1. The van der Waals surface area contributed by atoms with E-state index in [-0.39, 0.29) is 0 Å². The van der Waals surface area contributed by atoms with Crippen molar-refractivity contribution in [1.82, 2.24) is 30.9 Å². The number of ether oxygens (including phenoxy) is 1. The van der Waals surface area contributed by atoms with Crippen molar-refractivity contribution in [3.63, 3.8) is 0 Å². The number of rotatable bonds is 11. The van der Waals surface area contributed by atoms with E-state index in [1.165, 1.54) is 18.4 Å². The van der Waals surface area contributed by atoms with Gasteiger partial charge in [-0.05, 0) is 74.4 Å². The minimum absolute atomic E-state index is 0.587. The number of thiazole rings is 1. The molecule has 1 fully saturated rings. The molecule has 2 heterocycles. The topological polar surface area (TPSA) is 88.6 Å². The second-order valence-electron chi connectivity index (χ2n) is 8.06.